The second-order valence-electron chi connectivity index (χ2n) is 6.52. The number of nitrogens with zero attached hydrogens (tertiary/aromatic N) is 2. The van der Waals surface area contributed by atoms with Crippen LogP contribution in [0.25, 0.3) is 0 Å². The molecule has 6 nitrogen and oxygen atoms in total. The molecule has 0 aliphatic carbocycles. The highest BCUT2D eigenvalue weighted by atomic mass is 16.6. The number of rotatable bonds is 2. The molecule has 1 aliphatic rings. The van der Waals surface area contributed by atoms with Crippen molar-refractivity contribution in [3.63, 3.8) is 0 Å². The predicted molar refractivity (Wildman–Crippen MR) is 84.1 cm³/mol. The first-order valence-electron chi connectivity index (χ1n) is 7.52. The van der Waals surface area contributed by atoms with Crippen LogP contribution in [-0.2, 0) is 4.74 Å². The second kappa shape index (κ2) is 6.52. The zero-order chi connectivity index (χ0) is 16.3. The maximum Gasteiger partial charge on any atom is 0.410 e. The van der Waals surface area contributed by atoms with E-state index in [1.54, 1.807) is 12.0 Å². The molecule has 1 fully saturated rings. The number of piperazine rings is 1. The van der Waals surface area contributed by atoms with Crippen LogP contribution in [0.3, 0.4) is 0 Å². The minimum atomic E-state index is -0.478. The molecule has 1 N–H and O–H groups in total. The van der Waals surface area contributed by atoms with Gasteiger partial charge in [-0.05, 0) is 39.3 Å². The molecule has 122 valence electrons. The lowest BCUT2D eigenvalue weighted by Gasteiger charge is -2.35. The number of amides is 1. The van der Waals surface area contributed by atoms with E-state index in [0.29, 0.717) is 19.0 Å². The average molecular weight is 307 g/mol. The Morgan fingerprint density at radius 3 is 2.77 bits per heavy atom. The van der Waals surface area contributed by atoms with E-state index in [0.717, 1.165) is 17.8 Å². The Morgan fingerprint density at radius 1 is 1.41 bits per heavy atom. The Kier molecular flexibility index (Phi) is 4.90. The Labute approximate surface area is 131 Å². The van der Waals surface area contributed by atoms with Gasteiger partial charge in [-0.1, -0.05) is 0 Å². The number of carbonyl (C=O) groups is 1. The van der Waals surface area contributed by atoms with Gasteiger partial charge in [-0.3, -0.25) is 0 Å². The van der Waals surface area contributed by atoms with E-state index in [-0.39, 0.29) is 12.1 Å². The average Bonchev–Trinajstić information content (AvgIpc) is 2.45. The quantitative estimate of drug-likeness (QED) is 0.908. The normalized spacial score (nSPS) is 19.0. The van der Waals surface area contributed by atoms with Crippen LogP contribution in [0.5, 0.6) is 5.88 Å². The van der Waals surface area contributed by atoms with Crippen molar-refractivity contribution in [1.82, 2.24) is 15.2 Å². The summed E-state index contributed by atoms with van der Waals surface area (Å²) >= 11 is 0. The summed E-state index contributed by atoms with van der Waals surface area (Å²) in [5, 5.41) is 3.43. The van der Waals surface area contributed by atoms with Crippen LogP contribution in [0.1, 0.15) is 38.1 Å². The third-order valence-electron chi connectivity index (χ3n) is 3.39. The number of aromatic nitrogens is 1. The molecule has 0 radical (unpaired) electrons. The molecule has 1 aromatic rings. The van der Waals surface area contributed by atoms with E-state index in [1.165, 1.54) is 0 Å². The summed E-state index contributed by atoms with van der Waals surface area (Å²) in [7, 11) is 1.60. The van der Waals surface area contributed by atoms with Crippen LogP contribution in [0.4, 0.5) is 4.79 Å². The van der Waals surface area contributed by atoms with Gasteiger partial charge in [0.15, 0.2) is 0 Å². The molecule has 2 rings (SSSR count). The van der Waals surface area contributed by atoms with Gasteiger partial charge in [-0.15, -0.1) is 0 Å². The summed E-state index contributed by atoms with van der Waals surface area (Å²) in [6.45, 7) is 9.51. The Hall–Kier alpha value is -1.82. The van der Waals surface area contributed by atoms with Crippen molar-refractivity contribution in [1.29, 1.82) is 0 Å². The van der Waals surface area contributed by atoms with E-state index >= 15 is 0 Å². The lowest BCUT2D eigenvalue weighted by atomic mass is 10.0. The highest BCUT2D eigenvalue weighted by molar-refractivity contribution is 5.68. The van der Waals surface area contributed by atoms with E-state index < -0.39 is 5.60 Å². The van der Waals surface area contributed by atoms with Crippen molar-refractivity contribution in [2.24, 2.45) is 0 Å². The molecule has 0 bridgehead atoms. The topological polar surface area (TPSA) is 63.7 Å². The van der Waals surface area contributed by atoms with Crippen molar-refractivity contribution in [2.75, 3.05) is 26.7 Å². The molecule has 0 aromatic carbocycles. The van der Waals surface area contributed by atoms with Gasteiger partial charge in [-0.2, -0.15) is 0 Å². The molecule has 1 atom stereocenters. The zero-order valence-electron chi connectivity index (χ0n) is 14.0. The summed E-state index contributed by atoms with van der Waals surface area (Å²) < 4.78 is 10.7. The van der Waals surface area contributed by atoms with Crippen molar-refractivity contribution in [2.45, 2.75) is 39.3 Å². The van der Waals surface area contributed by atoms with Gasteiger partial charge in [0.1, 0.15) is 5.60 Å². The smallest absolute Gasteiger partial charge is 0.410 e. The maximum atomic E-state index is 12.2. The largest absolute Gasteiger partial charge is 0.481 e. The molecule has 1 aromatic heterocycles. The fraction of sp³-hybridized carbons (Fsp3) is 0.625. The maximum absolute atomic E-state index is 12.2. The number of aryl methyl sites for hydroxylation is 1. The third-order valence-corrected chi connectivity index (χ3v) is 3.39. The van der Waals surface area contributed by atoms with Gasteiger partial charge in [0, 0.05) is 31.4 Å². The standard InChI is InChI=1S/C16H25N3O3/c1-11-8-12(9-14(18-11)21-5)13-10-19(7-6-17-13)15(20)22-16(2,3)4/h8-9,13,17H,6-7,10H2,1-5H3. The molecule has 1 saturated heterocycles. The molecule has 0 saturated carbocycles. The number of hydrogen-bond donors (Lipinski definition) is 1. The number of ether oxygens (including phenoxy) is 2. The molecule has 22 heavy (non-hydrogen) atoms. The van der Waals surface area contributed by atoms with E-state index in [4.69, 9.17) is 9.47 Å². The predicted octanol–water partition coefficient (Wildman–Crippen LogP) is 2.28. The fourth-order valence-electron chi connectivity index (χ4n) is 2.44. The first-order chi connectivity index (χ1) is 10.3. The fourth-order valence-corrected chi connectivity index (χ4v) is 2.44. The van der Waals surface area contributed by atoms with Crippen LogP contribution in [-0.4, -0.2) is 48.3 Å². The molecule has 6 heteroatoms. The summed E-state index contributed by atoms with van der Waals surface area (Å²) in [6, 6.07) is 3.97. The van der Waals surface area contributed by atoms with Crippen molar-refractivity contribution in [3.8, 4) is 5.88 Å². The van der Waals surface area contributed by atoms with Gasteiger partial charge < -0.3 is 19.7 Å². The van der Waals surface area contributed by atoms with E-state index in [2.05, 4.69) is 10.3 Å². The SMILES string of the molecule is COc1cc(C2CN(C(=O)OC(C)(C)C)CCN2)cc(C)n1. The number of pyridine rings is 1. The Morgan fingerprint density at radius 2 is 2.14 bits per heavy atom. The summed E-state index contributed by atoms with van der Waals surface area (Å²) in [5.74, 6) is 0.589. The third kappa shape index (κ3) is 4.34. The first kappa shape index (κ1) is 16.5. The van der Waals surface area contributed by atoms with Crippen molar-refractivity contribution in [3.05, 3.63) is 23.4 Å². The molecule has 1 amide bonds. The highest BCUT2D eigenvalue weighted by Crippen LogP contribution is 2.22. The van der Waals surface area contributed by atoms with E-state index in [9.17, 15) is 4.79 Å². The summed E-state index contributed by atoms with van der Waals surface area (Å²) in [6.07, 6.45) is -0.267. The molecule has 1 unspecified atom stereocenters. The lowest BCUT2D eigenvalue weighted by Crippen LogP contribution is -2.49. The number of nitrogens with one attached hydrogen (secondary N) is 1. The molecule has 1 aliphatic heterocycles. The molecular weight excluding hydrogens is 282 g/mol. The van der Waals surface area contributed by atoms with Gasteiger partial charge in [-0.25, -0.2) is 9.78 Å². The monoisotopic (exact) mass is 307 g/mol. The lowest BCUT2D eigenvalue weighted by molar-refractivity contribution is 0.0195. The van der Waals surface area contributed by atoms with Crippen LogP contribution < -0.4 is 10.1 Å². The van der Waals surface area contributed by atoms with Crippen LogP contribution in [0, 0.1) is 6.92 Å². The van der Waals surface area contributed by atoms with Gasteiger partial charge in [0.2, 0.25) is 5.88 Å². The van der Waals surface area contributed by atoms with Gasteiger partial charge in [0.05, 0.1) is 13.2 Å². The van der Waals surface area contributed by atoms with Crippen LogP contribution in [0.15, 0.2) is 12.1 Å². The molecule has 2 heterocycles. The minimum Gasteiger partial charge on any atom is -0.481 e. The van der Waals surface area contributed by atoms with Crippen LogP contribution >= 0.6 is 0 Å². The zero-order valence-corrected chi connectivity index (χ0v) is 14.0. The second-order valence-corrected chi connectivity index (χ2v) is 6.52. The number of hydrogen-bond acceptors (Lipinski definition) is 5. The summed E-state index contributed by atoms with van der Waals surface area (Å²) in [5.41, 5.74) is 1.48. The minimum absolute atomic E-state index is 0.0527. The number of carbonyl (C=O) groups excluding carboxylic acids is 1. The number of methoxy groups -OCH3 is 1. The molecule has 0 spiro atoms. The highest BCUT2D eigenvalue weighted by Gasteiger charge is 2.28. The van der Waals surface area contributed by atoms with E-state index in [1.807, 2.05) is 39.8 Å². The van der Waals surface area contributed by atoms with Crippen molar-refractivity contribution < 1.29 is 14.3 Å². The molecular formula is C16H25N3O3. The first-order valence-corrected chi connectivity index (χ1v) is 7.52. The van der Waals surface area contributed by atoms with Crippen molar-refractivity contribution >= 4 is 6.09 Å². The Bertz CT molecular complexity index is 540. The van der Waals surface area contributed by atoms with Gasteiger partial charge in [0.25, 0.3) is 0 Å². The van der Waals surface area contributed by atoms with Crippen LogP contribution in [0.2, 0.25) is 0 Å². The Balaban J connectivity index is 2.10. The van der Waals surface area contributed by atoms with Gasteiger partial charge >= 0.3 is 6.09 Å². The summed E-state index contributed by atoms with van der Waals surface area (Å²) in [4.78, 5) is 18.3.